The van der Waals surface area contributed by atoms with Crippen LogP contribution in [0.1, 0.15) is 67.2 Å². The van der Waals surface area contributed by atoms with Gasteiger partial charge >= 0.3 is 0 Å². The molecule has 7 nitrogen and oxygen atoms in total. The molecule has 0 unspecified atom stereocenters. The number of benzene rings is 1. The molecule has 1 aromatic carbocycles. The number of aryl methyl sites for hydroxylation is 1. The van der Waals surface area contributed by atoms with Gasteiger partial charge in [0.2, 0.25) is 0 Å². The fourth-order valence-electron chi connectivity index (χ4n) is 4.90. The summed E-state index contributed by atoms with van der Waals surface area (Å²) in [6.45, 7) is 12.5. The summed E-state index contributed by atoms with van der Waals surface area (Å²) >= 11 is 0. The molecule has 1 amide bonds. The molecular weight excluding hydrogens is 426 g/mol. The highest BCUT2D eigenvalue weighted by Crippen LogP contribution is 2.33. The summed E-state index contributed by atoms with van der Waals surface area (Å²) in [7, 11) is 4.28. The fraction of sp³-hybridized carbons (Fsp3) is 0.593. The first-order chi connectivity index (χ1) is 16.1. The Morgan fingerprint density at radius 2 is 1.74 bits per heavy atom. The Morgan fingerprint density at radius 1 is 1.06 bits per heavy atom. The molecule has 1 atom stereocenters. The van der Waals surface area contributed by atoms with Gasteiger partial charge in [-0.3, -0.25) is 9.69 Å². The van der Waals surface area contributed by atoms with Crippen LogP contribution in [0, 0.1) is 6.92 Å². The standard InChI is InChI=1S/C27H39N5O2/c1-19(2)34-22-9-7-21(8-10-22)24-18-32(16-15-31(24)6)25(33)23-17-20(3)28-26(29-23)27(4)11-13-30(5)14-12-27/h7-10,17,19,24H,11-16,18H2,1-6H3/t24-/m1/s1. The highest BCUT2D eigenvalue weighted by atomic mass is 16.5. The highest BCUT2D eigenvalue weighted by molar-refractivity contribution is 5.92. The molecule has 2 fully saturated rings. The Kier molecular flexibility index (Phi) is 7.24. The van der Waals surface area contributed by atoms with Crippen molar-refractivity contribution < 1.29 is 9.53 Å². The summed E-state index contributed by atoms with van der Waals surface area (Å²) in [4.78, 5) is 29.8. The number of carbonyl (C=O) groups is 1. The minimum Gasteiger partial charge on any atom is -0.491 e. The maximum atomic E-state index is 13.6. The number of hydrogen-bond donors (Lipinski definition) is 0. The van der Waals surface area contributed by atoms with Gasteiger partial charge in [-0.1, -0.05) is 19.1 Å². The summed E-state index contributed by atoms with van der Waals surface area (Å²) in [5, 5.41) is 0. The second kappa shape index (κ2) is 10.0. The van der Waals surface area contributed by atoms with Crippen molar-refractivity contribution in [1.82, 2.24) is 24.7 Å². The Morgan fingerprint density at radius 3 is 2.38 bits per heavy atom. The maximum absolute atomic E-state index is 13.6. The summed E-state index contributed by atoms with van der Waals surface area (Å²) in [6.07, 6.45) is 2.16. The number of carbonyl (C=O) groups excluding carboxylic acids is 1. The van der Waals surface area contributed by atoms with Gasteiger partial charge < -0.3 is 14.5 Å². The van der Waals surface area contributed by atoms with Crippen molar-refractivity contribution in [1.29, 1.82) is 0 Å². The second-order valence-electron chi connectivity index (χ2n) is 10.6. The summed E-state index contributed by atoms with van der Waals surface area (Å²) < 4.78 is 5.79. The number of nitrogens with zero attached hydrogens (tertiary/aromatic N) is 5. The van der Waals surface area contributed by atoms with Gasteiger partial charge in [-0.2, -0.15) is 0 Å². The van der Waals surface area contributed by atoms with Gasteiger partial charge in [0.15, 0.2) is 0 Å². The van der Waals surface area contributed by atoms with E-state index in [0.717, 1.165) is 49.7 Å². The molecule has 1 aromatic heterocycles. The minimum atomic E-state index is -0.0853. The van der Waals surface area contributed by atoms with Crippen LogP contribution in [-0.4, -0.2) is 83.5 Å². The number of piperazine rings is 1. The molecule has 4 rings (SSSR count). The van der Waals surface area contributed by atoms with Crippen LogP contribution in [0.25, 0.3) is 0 Å². The SMILES string of the molecule is Cc1cc(C(=O)N2CCN(C)[C@@H](c3ccc(OC(C)C)cc3)C2)nc(C2(C)CCN(C)CC2)n1. The molecule has 0 aliphatic carbocycles. The van der Waals surface area contributed by atoms with Crippen LogP contribution in [0.15, 0.2) is 30.3 Å². The Hall–Kier alpha value is -2.51. The van der Waals surface area contributed by atoms with Gasteiger partial charge in [0.1, 0.15) is 17.3 Å². The van der Waals surface area contributed by atoms with Gasteiger partial charge in [0.25, 0.3) is 5.91 Å². The summed E-state index contributed by atoms with van der Waals surface area (Å²) in [5.41, 5.74) is 2.49. The number of likely N-dealkylation sites (tertiary alicyclic amines) is 1. The molecule has 2 aliphatic heterocycles. The molecule has 0 bridgehead atoms. The lowest BCUT2D eigenvalue weighted by atomic mass is 9.79. The number of amides is 1. The van der Waals surface area contributed by atoms with Crippen molar-refractivity contribution in [3.05, 3.63) is 53.1 Å². The third-order valence-corrected chi connectivity index (χ3v) is 7.28. The van der Waals surface area contributed by atoms with Gasteiger partial charge in [0, 0.05) is 30.7 Å². The normalized spacial score (nSPS) is 21.6. The van der Waals surface area contributed by atoms with Crippen molar-refractivity contribution in [2.75, 3.05) is 46.8 Å². The number of likely N-dealkylation sites (N-methyl/N-ethyl adjacent to an activating group) is 1. The molecule has 2 saturated heterocycles. The molecular formula is C27H39N5O2. The van der Waals surface area contributed by atoms with Crippen LogP contribution >= 0.6 is 0 Å². The molecule has 0 spiro atoms. The smallest absolute Gasteiger partial charge is 0.272 e. The Labute approximate surface area is 204 Å². The zero-order chi connectivity index (χ0) is 24.5. The van der Waals surface area contributed by atoms with Gasteiger partial charge in [0.05, 0.1) is 12.1 Å². The molecule has 3 heterocycles. The van der Waals surface area contributed by atoms with Crippen LogP contribution in [0.5, 0.6) is 5.75 Å². The molecule has 34 heavy (non-hydrogen) atoms. The van der Waals surface area contributed by atoms with E-state index in [1.165, 1.54) is 5.56 Å². The van der Waals surface area contributed by atoms with Gasteiger partial charge in [-0.25, -0.2) is 9.97 Å². The minimum absolute atomic E-state index is 0.00105. The van der Waals surface area contributed by atoms with E-state index in [2.05, 4.69) is 43.0 Å². The average Bonchev–Trinajstić information content (AvgIpc) is 2.81. The summed E-state index contributed by atoms with van der Waals surface area (Å²) in [6, 6.07) is 10.2. The quantitative estimate of drug-likeness (QED) is 0.671. The Bertz CT molecular complexity index is 999. The Balaban J connectivity index is 1.52. The lowest BCUT2D eigenvalue weighted by Crippen LogP contribution is -2.49. The van der Waals surface area contributed by atoms with E-state index in [4.69, 9.17) is 14.7 Å². The molecule has 0 saturated carbocycles. The van der Waals surface area contributed by atoms with Crippen molar-refractivity contribution >= 4 is 5.91 Å². The topological polar surface area (TPSA) is 61.8 Å². The van der Waals surface area contributed by atoms with Crippen LogP contribution in [0.3, 0.4) is 0 Å². The zero-order valence-corrected chi connectivity index (χ0v) is 21.5. The van der Waals surface area contributed by atoms with Gasteiger partial charge in [-0.05, 0) is 84.6 Å². The lowest BCUT2D eigenvalue weighted by molar-refractivity contribution is 0.0539. The molecule has 0 radical (unpaired) electrons. The van der Waals surface area contributed by atoms with E-state index in [0.29, 0.717) is 18.8 Å². The molecule has 7 heteroatoms. The monoisotopic (exact) mass is 465 g/mol. The highest BCUT2D eigenvalue weighted by Gasteiger charge is 2.35. The first-order valence-corrected chi connectivity index (χ1v) is 12.5. The van der Waals surface area contributed by atoms with Crippen LogP contribution in [0.4, 0.5) is 0 Å². The van der Waals surface area contributed by atoms with Crippen LogP contribution in [0.2, 0.25) is 0 Å². The van der Waals surface area contributed by atoms with Crippen molar-refractivity contribution in [3.8, 4) is 5.75 Å². The van der Waals surface area contributed by atoms with E-state index in [1.807, 2.05) is 43.9 Å². The largest absolute Gasteiger partial charge is 0.491 e. The second-order valence-corrected chi connectivity index (χ2v) is 10.6. The molecule has 184 valence electrons. The first kappa shape index (κ1) is 24.6. The summed E-state index contributed by atoms with van der Waals surface area (Å²) in [5.74, 6) is 1.69. The van der Waals surface area contributed by atoms with Crippen molar-refractivity contribution in [2.24, 2.45) is 0 Å². The van der Waals surface area contributed by atoms with Gasteiger partial charge in [-0.15, -0.1) is 0 Å². The predicted octanol–water partition coefficient (Wildman–Crippen LogP) is 3.68. The number of piperidine rings is 1. The van der Waals surface area contributed by atoms with Crippen molar-refractivity contribution in [3.63, 3.8) is 0 Å². The first-order valence-electron chi connectivity index (χ1n) is 12.5. The van der Waals surface area contributed by atoms with Crippen LogP contribution in [-0.2, 0) is 5.41 Å². The number of rotatable bonds is 5. The molecule has 2 aromatic rings. The number of ether oxygens (including phenoxy) is 1. The van der Waals surface area contributed by atoms with E-state index in [1.54, 1.807) is 0 Å². The van der Waals surface area contributed by atoms with Crippen molar-refractivity contribution in [2.45, 2.75) is 58.1 Å². The third kappa shape index (κ3) is 5.41. The predicted molar refractivity (Wildman–Crippen MR) is 134 cm³/mol. The molecule has 0 N–H and O–H groups in total. The lowest BCUT2D eigenvalue weighted by Gasteiger charge is -2.40. The van der Waals surface area contributed by atoms with E-state index in [9.17, 15) is 4.79 Å². The average molecular weight is 466 g/mol. The number of hydrogen-bond acceptors (Lipinski definition) is 6. The fourth-order valence-corrected chi connectivity index (χ4v) is 4.90. The number of aromatic nitrogens is 2. The molecule has 2 aliphatic rings. The van der Waals surface area contributed by atoms with E-state index < -0.39 is 0 Å². The zero-order valence-electron chi connectivity index (χ0n) is 21.5. The van der Waals surface area contributed by atoms with E-state index in [-0.39, 0.29) is 23.5 Å². The maximum Gasteiger partial charge on any atom is 0.272 e. The van der Waals surface area contributed by atoms with Crippen LogP contribution < -0.4 is 4.74 Å². The third-order valence-electron chi connectivity index (χ3n) is 7.28. The van der Waals surface area contributed by atoms with E-state index >= 15 is 0 Å².